The average Bonchev–Trinajstić information content (AvgIpc) is 2.81. The molecule has 3 aromatic carbocycles. The maximum absolute atomic E-state index is 13.4. The van der Waals surface area contributed by atoms with Gasteiger partial charge in [0, 0.05) is 17.5 Å². The number of carbonyl (C=O) groups excluding carboxylic acids is 1. The van der Waals surface area contributed by atoms with Gasteiger partial charge in [0.15, 0.2) is 5.60 Å². The van der Waals surface area contributed by atoms with Gasteiger partial charge in [-0.1, -0.05) is 47.1 Å². The predicted octanol–water partition coefficient (Wildman–Crippen LogP) is 4.89. The van der Waals surface area contributed by atoms with Crippen LogP contribution < -0.4 is 10.9 Å². The number of nitrogens with zero attached hydrogens (tertiary/aromatic N) is 1. The van der Waals surface area contributed by atoms with Crippen LogP contribution in [0.2, 0.25) is 0 Å². The van der Waals surface area contributed by atoms with Crippen LogP contribution in [0.5, 0.6) is 0 Å². The Hall–Kier alpha value is -3.98. The first-order chi connectivity index (χ1) is 16.5. The standard InChI is InChI=1S/C26H21F3N2O4/c1-15-4-3-5-17(12-15)14-25(34,18-6-8-19(9-7-18)26(27,28)29)24(33)30-20-10-11-21-22(13-20)16(2)31-35-23(21)32/h3-13,34H,14H2,1-2H3,(H,30,33). The predicted molar refractivity (Wildman–Crippen MR) is 124 cm³/mol. The zero-order valence-electron chi connectivity index (χ0n) is 18.8. The number of fused-ring (bicyclic) bond motifs is 1. The number of nitrogens with one attached hydrogen (secondary N) is 1. The molecule has 0 radical (unpaired) electrons. The highest BCUT2D eigenvalue weighted by atomic mass is 19.4. The van der Waals surface area contributed by atoms with Crippen LogP contribution in [-0.2, 0) is 23.0 Å². The number of alkyl halides is 3. The van der Waals surface area contributed by atoms with Gasteiger partial charge < -0.3 is 14.9 Å². The SMILES string of the molecule is Cc1cccc(CC(O)(C(=O)Nc2ccc3c(=O)onc(C)c3c2)c2ccc(C(F)(F)F)cc2)c1. The largest absolute Gasteiger partial charge is 0.416 e. The van der Waals surface area contributed by atoms with Gasteiger partial charge in [0.1, 0.15) is 0 Å². The second-order valence-electron chi connectivity index (χ2n) is 8.37. The molecule has 4 rings (SSSR count). The van der Waals surface area contributed by atoms with E-state index in [1.807, 2.05) is 13.0 Å². The van der Waals surface area contributed by atoms with E-state index in [4.69, 9.17) is 4.52 Å². The fourth-order valence-corrected chi connectivity index (χ4v) is 3.91. The molecule has 0 spiro atoms. The topological polar surface area (TPSA) is 92.4 Å². The summed E-state index contributed by atoms with van der Waals surface area (Å²) >= 11 is 0. The maximum atomic E-state index is 13.4. The summed E-state index contributed by atoms with van der Waals surface area (Å²) in [6.07, 6.45) is -4.73. The van der Waals surface area contributed by atoms with E-state index in [1.54, 1.807) is 25.1 Å². The number of aromatic nitrogens is 1. The van der Waals surface area contributed by atoms with E-state index in [1.165, 1.54) is 18.2 Å². The average molecular weight is 482 g/mol. The Bertz CT molecular complexity index is 1460. The third kappa shape index (κ3) is 4.95. The van der Waals surface area contributed by atoms with Gasteiger partial charge >= 0.3 is 11.8 Å². The molecule has 6 nitrogen and oxygen atoms in total. The van der Waals surface area contributed by atoms with Crippen molar-refractivity contribution in [2.45, 2.75) is 32.0 Å². The zero-order valence-corrected chi connectivity index (χ0v) is 18.8. The highest BCUT2D eigenvalue weighted by molar-refractivity contribution is 6.00. The van der Waals surface area contributed by atoms with Crippen LogP contribution in [0.3, 0.4) is 0 Å². The Morgan fingerprint density at radius 1 is 0.971 bits per heavy atom. The molecule has 0 bridgehead atoms. The molecule has 1 aromatic heterocycles. The molecule has 1 heterocycles. The van der Waals surface area contributed by atoms with Crippen LogP contribution in [0.15, 0.2) is 76.0 Å². The minimum absolute atomic E-state index is 0.00351. The minimum Gasteiger partial charge on any atom is -0.375 e. The molecule has 0 aliphatic rings. The van der Waals surface area contributed by atoms with E-state index in [-0.39, 0.29) is 23.1 Å². The van der Waals surface area contributed by atoms with E-state index in [0.29, 0.717) is 16.6 Å². The van der Waals surface area contributed by atoms with Crippen molar-refractivity contribution in [3.8, 4) is 0 Å². The Morgan fingerprint density at radius 2 is 1.66 bits per heavy atom. The quantitative estimate of drug-likeness (QED) is 0.423. The summed E-state index contributed by atoms with van der Waals surface area (Å²) in [4.78, 5) is 25.3. The molecular formula is C26H21F3N2O4. The van der Waals surface area contributed by atoms with Crippen LogP contribution in [0.4, 0.5) is 18.9 Å². The van der Waals surface area contributed by atoms with Crippen molar-refractivity contribution in [3.63, 3.8) is 0 Å². The number of halogens is 3. The normalized spacial score (nSPS) is 13.4. The number of amides is 1. The molecule has 1 amide bonds. The van der Waals surface area contributed by atoms with Gasteiger partial charge in [0.25, 0.3) is 5.91 Å². The lowest BCUT2D eigenvalue weighted by atomic mass is 9.85. The number of aryl methyl sites for hydroxylation is 2. The molecule has 0 aliphatic carbocycles. The molecular weight excluding hydrogens is 461 g/mol. The first-order valence-electron chi connectivity index (χ1n) is 10.6. The molecule has 2 N–H and O–H groups in total. The van der Waals surface area contributed by atoms with Crippen LogP contribution >= 0.6 is 0 Å². The molecule has 0 aliphatic heterocycles. The van der Waals surface area contributed by atoms with Gasteiger partial charge in [-0.2, -0.15) is 13.2 Å². The first-order valence-corrected chi connectivity index (χ1v) is 10.6. The fourth-order valence-electron chi connectivity index (χ4n) is 3.91. The van der Waals surface area contributed by atoms with Gasteiger partial charge in [-0.3, -0.25) is 4.79 Å². The molecule has 9 heteroatoms. The molecule has 35 heavy (non-hydrogen) atoms. The van der Waals surface area contributed by atoms with Gasteiger partial charge in [-0.05, 0) is 55.3 Å². The van der Waals surface area contributed by atoms with Gasteiger partial charge in [-0.25, -0.2) is 4.79 Å². The van der Waals surface area contributed by atoms with Crippen molar-refractivity contribution in [1.82, 2.24) is 5.16 Å². The number of aliphatic hydroxyl groups is 1. The molecule has 1 unspecified atom stereocenters. The van der Waals surface area contributed by atoms with E-state index in [9.17, 15) is 27.9 Å². The zero-order chi connectivity index (χ0) is 25.4. The number of rotatable bonds is 5. The number of anilines is 1. The number of benzene rings is 3. The summed E-state index contributed by atoms with van der Waals surface area (Å²) in [7, 11) is 0. The third-order valence-corrected chi connectivity index (χ3v) is 5.76. The first kappa shape index (κ1) is 24.2. The Labute approximate surface area is 198 Å². The minimum atomic E-state index is -4.56. The third-order valence-electron chi connectivity index (χ3n) is 5.76. The van der Waals surface area contributed by atoms with E-state index in [0.717, 1.165) is 29.8 Å². The lowest BCUT2D eigenvalue weighted by Crippen LogP contribution is -2.42. The van der Waals surface area contributed by atoms with Crippen molar-refractivity contribution in [2.24, 2.45) is 0 Å². The molecule has 180 valence electrons. The van der Waals surface area contributed by atoms with Crippen molar-refractivity contribution < 1.29 is 27.6 Å². The molecule has 0 fully saturated rings. The molecule has 4 aromatic rings. The van der Waals surface area contributed by atoms with Crippen molar-refractivity contribution >= 4 is 22.4 Å². The smallest absolute Gasteiger partial charge is 0.375 e. The number of hydrogen-bond acceptors (Lipinski definition) is 5. The van der Waals surface area contributed by atoms with Crippen molar-refractivity contribution in [1.29, 1.82) is 0 Å². The van der Waals surface area contributed by atoms with E-state index >= 15 is 0 Å². The Morgan fingerprint density at radius 3 is 2.31 bits per heavy atom. The lowest BCUT2D eigenvalue weighted by molar-refractivity contribution is -0.137. The summed E-state index contributed by atoms with van der Waals surface area (Å²) in [5, 5.41) is 18.6. The Balaban J connectivity index is 1.74. The molecule has 1 atom stereocenters. The lowest BCUT2D eigenvalue weighted by Gasteiger charge is -2.28. The highest BCUT2D eigenvalue weighted by Crippen LogP contribution is 2.33. The summed E-state index contributed by atoms with van der Waals surface area (Å²) in [5.74, 6) is -0.841. The second-order valence-corrected chi connectivity index (χ2v) is 8.37. The summed E-state index contributed by atoms with van der Waals surface area (Å²) in [6, 6.07) is 15.4. The monoisotopic (exact) mass is 482 g/mol. The second kappa shape index (κ2) is 8.99. The molecule has 0 saturated heterocycles. The summed E-state index contributed by atoms with van der Waals surface area (Å²) in [5.41, 5.74) is -1.49. The van der Waals surface area contributed by atoms with Crippen LogP contribution in [0, 0.1) is 13.8 Å². The van der Waals surface area contributed by atoms with Crippen LogP contribution in [-0.4, -0.2) is 16.2 Å². The van der Waals surface area contributed by atoms with Gasteiger partial charge in [0.05, 0.1) is 16.6 Å². The van der Waals surface area contributed by atoms with E-state index in [2.05, 4.69) is 10.5 Å². The summed E-state index contributed by atoms with van der Waals surface area (Å²) in [6.45, 7) is 3.48. The Kier molecular flexibility index (Phi) is 6.21. The number of hydrogen-bond donors (Lipinski definition) is 2. The van der Waals surface area contributed by atoms with E-state index < -0.39 is 28.9 Å². The van der Waals surface area contributed by atoms with Gasteiger partial charge in [-0.15, -0.1) is 0 Å². The molecule has 0 saturated carbocycles. The maximum Gasteiger partial charge on any atom is 0.416 e. The fraction of sp³-hybridized carbons (Fsp3) is 0.192. The number of carbonyl (C=O) groups is 1. The summed E-state index contributed by atoms with van der Waals surface area (Å²) < 4.78 is 43.9. The van der Waals surface area contributed by atoms with Crippen LogP contribution in [0.1, 0.15) is 27.9 Å². The van der Waals surface area contributed by atoms with Crippen molar-refractivity contribution in [3.05, 3.63) is 105 Å². The van der Waals surface area contributed by atoms with Crippen molar-refractivity contribution in [2.75, 3.05) is 5.32 Å². The van der Waals surface area contributed by atoms with Crippen LogP contribution in [0.25, 0.3) is 10.8 Å². The highest BCUT2D eigenvalue weighted by Gasteiger charge is 2.39. The van der Waals surface area contributed by atoms with Gasteiger partial charge in [0.2, 0.25) is 0 Å².